The largest absolute Gasteiger partial charge is 0.489 e. The molecular formula is C30H32N4O3S. The van der Waals surface area contributed by atoms with E-state index >= 15 is 0 Å². The first kappa shape index (κ1) is 25.0. The van der Waals surface area contributed by atoms with Crippen LogP contribution in [0.5, 0.6) is 5.75 Å². The molecule has 3 N–H and O–H groups in total. The fraction of sp³-hybridized carbons (Fsp3) is 0.333. The number of aromatic nitrogens is 1. The van der Waals surface area contributed by atoms with Gasteiger partial charge in [0.15, 0.2) is 5.01 Å². The Bertz CT molecular complexity index is 1400. The van der Waals surface area contributed by atoms with Crippen molar-refractivity contribution < 1.29 is 14.6 Å². The van der Waals surface area contributed by atoms with Crippen LogP contribution in [-0.4, -0.2) is 71.2 Å². The van der Waals surface area contributed by atoms with Crippen molar-refractivity contribution in [3.8, 4) is 5.75 Å². The van der Waals surface area contributed by atoms with Gasteiger partial charge in [-0.15, -0.1) is 11.3 Å². The van der Waals surface area contributed by atoms with Crippen molar-refractivity contribution in [1.82, 2.24) is 14.8 Å². The van der Waals surface area contributed by atoms with Crippen LogP contribution in [0.1, 0.15) is 38.1 Å². The van der Waals surface area contributed by atoms with Crippen molar-refractivity contribution >= 4 is 27.5 Å². The Morgan fingerprint density at radius 2 is 1.63 bits per heavy atom. The summed E-state index contributed by atoms with van der Waals surface area (Å²) in [6, 6.07) is 23.5. The number of amides is 1. The lowest BCUT2D eigenvalue weighted by Crippen LogP contribution is -2.50. The molecule has 1 unspecified atom stereocenters. The SMILES string of the molecule is NC(=O)c1nc2cccc(OCC(O)CN3CCN(C4c5ccccc5CCc5ccccc54)CC3)c2s1. The molecule has 0 radical (unpaired) electrons. The third-order valence-corrected chi connectivity index (χ3v) is 8.73. The predicted octanol–water partition coefficient (Wildman–Crippen LogP) is 3.64. The van der Waals surface area contributed by atoms with Gasteiger partial charge in [0.2, 0.25) is 0 Å². The minimum absolute atomic E-state index is 0.173. The second-order valence-electron chi connectivity index (χ2n) is 10.1. The van der Waals surface area contributed by atoms with Crippen LogP contribution in [0.25, 0.3) is 10.2 Å². The third-order valence-electron chi connectivity index (χ3n) is 7.62. The molecule has 1 aromatic heterocycles. The van der Waals surface area contributed by atoms with E-state index in [1.54, 1.807) is 0 Å². The van der Waals surface area contributed by atoms with Gasteiger partial charge in [0.1, 0.15) is 18.5 Å². The molecule has 4 aromatic rings. The van der Waals surface area contributed by atoms with E-state index in [0.717, 1.165) is 43.7 Å². The summed E-state index contributed by atoms with van der Waals surface area (Å²) in [6.07, 6.45) is 1.53. The molecule has 6 rings (SSSR count). The summed E-state index contributed by atoms with van der Waals surface area (Å²) in [5, 5.41) is 11.0. The van der Waals surface area contributed by atoms with Gasteiger partial charge < -0.3 is 15.6 Å². The number of aliphatic hydroxyl groups excluding tert-OH is 1. The van der Waals surface area contributed by atoms with E-state index in [4.69, 9.17) is 10.5 Å². The molecule has 1 aliphatic carbocycles. The van der Waals surface area contributed by atoms with Crippen molar-refractivity contribution in [3.05, 3.63) is 94.0 Å². The molecule has 8 heteroatoms. The zero-order valence-corrected chi connectivity index (χ0v) is 22.1. The number of primary amides is 1. The molecule has 0 saturated carbocycles. The molecule has 0 spiro atoms. The number of hydrogen-bond acceptors (Lipinski definition) is 7. The number of carbonyl (C=O) groups excluding carboxylic acids is 1. The number of hydrogen-bond donors (Lipinski definition) is 2. The molecule has 1 atom stereocenters. The van der Waals surface area contributed by atoms with Crippen LogP contribution < -0.4 is 10.5 Å². The van der Waals surface area contributed by atoms with Crippen molar-refractivity contribution in [1.29, 1.82) is 0 Å². The van der Waals surface area contributed by atoms with Crippen molar-refractivity contribution in [2.75, 3.05) is 39.3 Å². The van der Waals surface area contributed by atoms with E-state index in [-0.39, 0.29) is 17.7 Å². The first-order chi connectivity index (χ1) is 18.6. The van der Waals surface area contributed by atoms with Crippen molar-refractivity contribution in [2.45, 2.75) is 25.0 Å². The van der Waals surface area contributed by atoms with E-state index < -0.39 is 12.0 Å². The van der Waals surface area contributed by atoms with Gasteiger partial charge in [-0.05, 0) is 47.2 Å². The summed E-state index contributed by atoms with van der Waals surface area (Å²) in [5.74, 6) is 0.0641. The molecule has 0 bridgehead atoms. The minimum atomic E-state index is -0.625. The number of piperazine rings is 1. The zero-order chi connectivity index (χ0) is 26.1. The van der Waals surface area contributed by atoms with Crippen LogP contribution in [0.4, 0.5) is 0 Å². The number of aryl methyl sites for hydroxylation is 2. The molecule has 7 nitrogen and oxygen atoms in total. The van der Waals surface area contributed by atoms with Gasteiger partial charge in [-0.1, -0.05) is 54.6 Å². The standard InChI is InChI=1S/C30H32N4O3S/c31-29(36)30-32-25-10-5-11-26(28(25)38-30)37-19-22(35)18-33-14-16-34(17-15-33)27-23-8-3-1-6-20(23)12-13-21-7-2-4-9-24(21)27/h1-11,22,27,35H,12-19H2,(H2,31,36). The normalized spacial score (nSPS) is 17.5. The molecule has 1 aliphatic heterocycles. The Labute approximate surface area is 226 Å². The first-order valence-electron chi connectivity index (χ1n) is 13.2. The highest BCUT2D eigenvalue weighted by Crippen LogP contribution is 2.37. The van der Waals surface area contributed by atoms with Gasteiger partial charge in [-0.2, -0.15) is 0 Å². The van der Waals surface area contributed by atoms with Crippen LogP contribution in [0.15, 0.2) is 66.7 Å². The van der Waals surface area contributed by atoms with Gasteiger partial charge in [-0.25, -0.2) is 4.98 Å². The van der Waals surface area contributed by atoms with Crippen LogP contribution in [0.3, 0.4) is 0 Å². The number of ether oxygens (including phenoxy) is 1. The number of nitrogens with two attached hydrogens (primary N) is 1. The quantitative estimate of drug-likeness (QED) is 0.381. The van der Waals surface area contributed by atoms with E-state index in [0.29, 0.717) is 17.8 Å². The monoisotopic (exact) mass is 528 g/mol. The number of nitrogens with zero attached hydrogens (tertiary/aromatic N) is 3. The highest BCUT2D eigenvalue weighted by molar-refractivity contribution is 7.20. The summed E-state index contributed by atoms with van der Waals surface area (Å²) >= 11 is 1.22. The molecular weight excluding hydrogens is 496 g/mol. The minimum Gasteiger partial charge on any atom is -0.489 e. The van der Waals surface area contributed by atoms with E-state index in [1.165, 1.54) is 33.6 Å². The van der Waals surface area contributed by atoms with Crippen LogP contribution in [-0.2, 0) is 12.8 Å². The predicted molar refractivity (Wildman–Crippen MR) is 150 cm³/mol. The fourth-order valence-electron chi connectivity index (χ4n) is 5.77. The topological polar surface area (TPSA) is 91.9 Å². The maximum Gasteiger partial charge on any atom is 0.277 e. The zero-order valence-electron chi connectivity index (χ0n) is 21.3. The maximum atomic E-state index is 11.5. The summed E-state index contributed by atoms with van der Waals surface area (Å²) in [4.78, 5) is 20.7. The lowest BCUT2D eigenvalue weighted by molar-refractivity contribution is 0.0404. The average molecular weight is 529 g/mol. The molecule has 196 valence electrons. The lowest BCUT2D eigenvalue weighted by Gasteiger charge is -2.40. The molecule has 1 saturated heterocycles. The average Bonchev–Trinajstić information content (AvgIpc) is 3.31. The van der Waals surface area contributed by atoms with Gasteiger partial charge in [0.05, 0.1) is 16.3 Å². The number of benzene rings is 3. The van der Waals surface area contributed by atoms with Crippen LogP contribution in [0, 0.1) is 0 Å². The van der Waals surface area contributed by atoms with E-state index in [9.17, 15) is 9.90 Å². The second kappa shape index (κ2) is 10.8. The number of rotatable bonds is 7. The van der Waals surface area contributed by atoms with E-state index in [2.05, 4.69) is 63.3 Å². The smallest absolute Gasteiger partial charge is 0.277 e. The number of β-amino-alcohol motifs (C(OH)–C–C–N with tert-alkyl or cyclic N) is 1. The third kappa shape index (κ3) is 5.05. The summed E-state index contributed by atoms with van der Waals surface area (Å²) in [7, 11) is 0. The Hall–Kier alpha value is -3.30. The van der Waals surface area contributed by atoms with Gasteiger partial charge in [-0.3, -0.25) is 14.6 Å². The Morgan fingerprint density at radius 3 is 2.29 bits per heavy atom. The molecule has 2 aliphatic rings. The Balaban J connectivity index is 1.09. The van der Waals surface area contributed by atoms with Crippen LogP contribution in [0.2, 0.25) is 0 Å². The van der Waals surface area contributed by atoms with Gasteiger partial charge in [0, 0.05) is 32.7 Å². The number of fused-ring (bicyclic) bond motifs is 3. The highest BCUT2D eigenvalue weighted by atomic mass is 32.1. The molecule has 38 heavy (non-hydrogen) atoms. The molecule has 1 fully saturated rings. The highest BCUT2D eigenvalue weighted by Gasteiger charge is 2.31. The molecule has 2 heterocycles. The molecule has 1 amide bonds. The number of aliphatic hydroxyl groups is 1. The summed E-state index contributed by atoms with van der Waals surface area (Å²) in [5.41, 5.74) is 11.8. The Morgan fingerprint density at radius 1 is 0.974 bits per heavy atom. The van der Waals surface area contributed by atoms with Crippen molar-refractivity contribution in [3.63, 3.8) is 0 Å². The summed E-state index contributed by atoms with van der Waals surface area (Å²) < 4.78 is 6.72. The summed E-state index contributed by atoms with van der Waals surface area (Å²) in [6.45, 7) is 4.39. The van der Waals surface area contributed by atoms with Crippen molar-refractivity contribution in [2.24, 2.45) is 5.73 Å². The van der Waals surface area contributed by atoms with E-state index in [1.807, 2.05) is 18.2 Å². The fourth-order valence-corrected chi connectivity index (χ4v) is 6.65. The maximum absolute atomic E-state index is 11.5. The van der Waals surface area contributed by atoms with Gasteiger partial charge in [0.25, 0.3) is 5.91 Å². The lowest BCUT2D eigenvalue weighted by atomic mass is 9.92. The Kier molecular flexibility index (Phi) is 7.12. The number of thiazole rings is 1. The number of carbonyl (C=O) groups is 1. The second-order valence-corrected chi connectivity index (χ2v) is 11.1. The van der Waals surface area contributed by atoms with Crippen LogP contribution >= 0.6 is 11.3 Å². The van der Waals surface area contributed by atoms with Gasteiger partial charge >= 0.3 is 0 Å². The first-order valence-corrected chi connectivity index (χ1v) is 14.0. The molecule has 3 aromatic carbocycles.